The van der Waals surface area contributed by atoms with Crippen molar-refractivity contribution in [2.45, 2.75) is 32.9 Å². The third kappa shape index (κ3) is 3.98. The van der Waals surface area contributed by atoms with Crippen molar-refractivity contribution >= 4 is 51.5 Å². The summed E-state index contributed by atoms with van der Waals surface area (Å²) in [7, 11) is 0. The van der Waals surface area contributed by atoms with E-state index in [-0.39, 0.29) is 18.0 Å². The molecule has 30 heavy (non-hydrogen) atoms. The molecule has 0 spiro atoms. The molecule has 9 heteroatoms. The number of fused-ring (bicyclic) bond motifs is 2. The molecule has 158 valence electrons. The second-order valence-corrected chi connectivity index (χ2v) is 8.43. The van der Waals surface area contributed by atoms with Crippen molar-refractivity contribution < 1.29 is 14.0 Å². The smallest absolute Gasteiger partial charge is 0.349 e. The molecule has 7 nitrogen and oxygen atoms in total. The quantitative estimate of drug-likeness (QED) is 0.596. The van der Waals surface area contributed by atoms with E-state index in [4.69, 9.17) is 10.2 Å². The molecule has 1 aliphatic rings. The summed E-state index contributed by atoms with van der Waals surface area (Å²) in [4.78, 5) is 40.5. The fourth-order valence-corrected chi connectivity index (χ4v) is 4.88. The highest BCUT2D eigenvalue weighted by Gasteiger charge is 2.29. The summed E-state index contributed by atoms with van der Waals surface area (Å²) in [5.74, 6) is -1.20. The first-order chi connectivity index (χ1) is 13.8. The van der Waals surface area contributed by atoms with Gasteiger partial charge in [-0.05, 0) is 38.0 Å². The number of thiophene rings is 1. The molecule has 0 unspecified atom stereocenters. The number of benzene rings is 1. The molecule has 4 rings (SSSR count). The Morgan fingerprint density at radius 2 is 2.00 bits per heavy atom. The number of nitrogens with two attached hydrogens (primary N) is 1. The van der Waals surface area contributed by atoms with Crippen molar-refractivity contribution in [2.75, 3.05) is 11.9 Å². The molecule has 3 N–H and O–H groups in total. The molecule has 1 aromatic carbocycles. The van der Waals surface area contributed by atoms with Crippen LogP contribution in [-0.4, -0.2) is 29.3 Å². The van der Waals surface area contributed by atoms with Crippen LogP contribution in [-0.2, 0) is 13.0 Å². The van der Waals surface area contributed by atoms with Gasteiger partial charge in [0.15, 0.2) is 0 Å². The lowest BCUT2D eigenvalue weighted by Crippen LogP contribution is -2.35. The highest BCUT2D eigenvalue weighted by Crippen LogP contribution is 2.37. The Hall–Kier alpha value is -2.68. The van der Waals surface area contributed by atoms with Crippen molar-refractivity contribution in [1.82, 2.24) is 4.90 Å². The molecule has 0 saturated heterocycles. The number of anilines is 1. The zero-order valence-corrected chi connectivity index (χ0v) is 18.2. The normalized spacial score (nSPS) is 13.7. The first-order valence-corrected chi connectivity index (χ1v) is 10.2. The van der Waals surface area contributed by atoms with E-state index in [0.717, 1.165) is 17.0 Å². The van der Waals surface area contributed by atoms with Gasteiger partial charge in [0.2, 0.25) is 0 Å². The number of rotatable bonds is 4. The lowest BCUT2D eigenvalue weighted by Gasteiger charge is -2.30. The van der Waals surface area contributed by atoms with E-state index in [1.807, 2.05) is 0 Å². The van der Waals surface area contributed by atoms with Crippen LogP contribution in [0.25, 0.3) is 11.0 Å². The van der Waals surface area contributed by atoms with Gasteiger partial charge in [-0.1, -0.05) is 18.2 Å². The van der Waals surface area contributed by atoms with Gasteiger partial charge in [-0.15, -0.1) is 23.7 Å². The maximum atomic E-state index is 12.8. The minimum absolute atomic E-state index is 0. The molecule has 0 bridgehead atoms. The number of carbonyl (C=O) groups is 2. The van der Waals surface area contributed by atoms with E-state index < -0.39 is 17.4 Å². The Morgan fingerprint density at radius 1 is 1.27 bits per heavy atom. The number of nitrogens with one attached hydrogen (secondary N) is 1. The van der Waals surface area contributed by atoms with Gasteiger partial charge >= 0.3 is 5.63 Å². The van der Waals surface area contributed by atoms with Crippen molar-refractivity contribution in [2.24, 2.45) is 5.73 Å². The molecule has 3 aromatic rings. The molecule has 0 atom stereocenters. The number of carbonyl (C=O) groups excluding carboxylic acids is 2. The van der Waals surface area contributed by atoms with Crippen LogP contribution < -0.4 is 16.7 Å². The first kappa shape index (κ1) is 22.0. The van der Waals surface area contributed by atoms with Crippen LogP contribution in [0.5, 0.6) is 0 Å². The highest BCUT2D eigenvalue weighted by atomic mass is 35.5. The summed E-state index contributed by atoms with van der Waals surface area (Å²) < 4.78 is 5.24. The SMILES string of the molecule is CC(C)N1CCc2c(sc(NC(=O)c3cc4ccccc4oc3=O)c2C(N)=O)C1.Cl. The standard InChI is InChI=1S/C21H21N3O4S.ClH/c1-11(2)24-8-7-13-16(10-24)29-20(17(13)18(22)25)23-19(26)14-9-12-5-3-4-6-15(12)28-21(14)27;/h3-6,9,11H,7-8,10H2,1-2H3,(H2,22,25)(H,23,26);1H. The largest absolute Gasteiger partial charge is 0.422 e. The number of primary amides is 1. The van der Waals surface area contributed by atoms with E-state index in [1.165, 1.54) is 17.4 Å². The minimum Gasteiger partial charge on any atom is -0.422 e. The van der Waals surface area contributed by atoms with Crippen LogP contribution in [0.2, 0.25) is 0 Å². The second-order valence-electron chi connectivity index (χ2n) is 7.33. The maximum absolute atomic E-state index is 12.8. The molecule has 0 aliphatic carbocycles. The molecule has 0 fully saturated rings. The van der Waals surface area contributed by atoms with Gasteiger partial charge in [-0.3, -0.25) is 14.5 Å². The summed E-state index contributed by atoms with van der Waals surface area (Å²) in [5, 5.41) is 3.74. The zero-order valence-electron chi connectivity index (χ0n) is 16.6. The lowest BCUT2D eigenvalue weighted by atomic mass is 10.0. The third-order valence-electron chi connectivity index (χ3n) is 5.18. The molecule has 2 amide bonds. The van der Waals surface area contributed by atoms with Gasteiger partial charge in [0, 0.05) is 29.4 Å². The number of halogens is 1. The average molecular weight is 448 g/mol. The topological polar surface area (TPSA) is 106 Å². The predicted octanol–water partition coefficient (Wildman–Crippen LogP) is 3.39. The summed E-state index contributed by atoms with van der Waals surface area (Å²) in [6.45, 7) is 5.76. The van der Waals surface area contributed by atoms with Crippen LogP contribution in [0.15, 0.2) is 39.5 Å². The summed E-state index contributed by atoms with van der Waals surface area (Å²) >= 11 is 1.34. The minimum atomic E-state index is -0.728. The fourth-order valence-electron chi connectivity index (χ4n) is 3.60. The van der Waals surface area contributed by atoms with E-state index in [9.17, 15) is 14.4 Å². The van der Waals surface area contributed by atoms with Crippen molar-refractivity contribution in [3.8, 4) is 0 Å². The molecule has 3 heterocycles. The Balaban J connectivity index is 0.00000256. The summed E-state index contributed by atoms with van der Waals surface area (Å²) in [6.07, 6.45) is 0.691. The summed E-state index contributed by atoms with van der Waals surface area (Å²) in [5.41, 5.74) is 6.41. The lowest BCUT2D eigenvalue weighted by molar-refractivity contribution is 0.0999. The summed E-state index contributed by atoms with van der Waals surface area (Å²) in [6, 6.07) is 8.84. The Labute approximate surface area is 183 Å². The molecule has 0 radical (unpaired) electrons. The second kappa shape index (κ2) is 8.59. The van der Waals surface area contributed by atoms with Gasteiger partial charge in [0.25, 0.3) is 11.8 Å². The van der Waals surface area contributed by atoms with E-state index in [1.54, 1.807) is 24.3 Å². The Kier molecular flexibility index (Phi) is 6.30. The number of amides is 2. The number of hydrogen-bond acceptors (Lipinski definition) is 6. The van der Waals surface area contributed by atoms with Crippen LogP contribution >= 0.6 is 23.7 Å². The molecule has 2 aromatic heterocycles. The molecular weight excluding hydrogens is 426 g/mol. The zero-order chi connectivity index (χ0) is 20.7. The average Bonchev–Trinajstić information content (AvgIpc) is 3.04. The number of nitrogens with zero attached hydrogens (tertiary/aromatic N) is 1. The van der Waals surface area contributed by atoms with Crippen LogP contribution in [0.1, 0.15) is 45.0 Å². The van der Waals surface area contributed by atoms with E-state index >= 15 is 0 Å². The van der Waals surface area contributed by atoms with Gasteiger partial charge in [0.05, 0.1) is 5.56 Å². The van der Waals surface area contributed by atoms with Crippen molar-refractivity contribution in [3.05, 3.63) is 62.3 Å². The van der Waals surface area contributed by atoms with E-state index in [0.29, 0.717) is 40.5 Å². The molecule has 1 aliphatic heterocycles. The number of hydrogen-bond donors (Lipinski definition) is 2. The Bertz CT molecular complexity index is 1180. The molecule has 0 saturated carbocycles. The van der Waals surface area contributed by atoms with Crippen molar-refractivity contribution in [3.63, 3.8) is 0 Å². The predicted molar refractivity (Wildman–Crippen MR) is 120 cm³/mol. The monoisotopic (exact) mass is 447 g/mol. The van der Waals surface area contributed by atoms with Gasteiger partial charge in [-0.2, -0.15) is 0 Å². The van der Waals surface area contributed by atoms with Crippen LogP contribution in [0.4, 0.5) is 5.00 Å². The van der Waals surface area contributed by atoms with E-state index in [2.05, 4.69) is 24.1 Å². The maximum Gasteiger partial charge on any atom is 0.349 e. The van der Waals surface area contributed by atoms with Gasteiger partial charge < -0.3 is 15.5 Å². The van der Waals surface area contributed by atoms with Crippen molar-refractivity contribution in [1.29, 1.82) is 0 Å². The third-order valence-corrected chi connectivity index (χ3v) is 6.31. The Morgan fingerprint density at radius 3 is 2.70 bits per heavy atom. The van der Waals surface area contributed by atoms with Crippen LogP contribution in [0.3, 0.4) is 0 Å². The van der Waals surface area contributed by atoms with Gasteiger partial charge in [0.1, 0.15) is 16.1 Å². The molecular formula is C21H22ClN3O4S. The first-order valence-electron chi connectivity index (χ1n) is 9.37. The number of para-hydroxylation sites is 1. The fraction of sp³-hybridized carbons (Fsp3) is 0.286. The van der Waals surface area contributed by atoms with Gasteiger partial charge in [-0.25, -0.2) is 4.79 Å². The highest BCUT2D eigenvalue weighted by molar-refractivity contribution is 7.17. The van der Waals surface area contributed by atoms with Crippen LogP contribution in [0, 0.1) is 0 Å².